The molecule has 0 unspecified atom stereocenters. The highest BCUT2D eigenvalue weighted by Crippen LogP contribution is 2.30. The molecule has 2 heterocycles. The maximum absolute atomic E-state index is 13.4. The molecule has 0 amide bonds. The third-order valence-corrected chi connectivity index (χ3v) is 8.30. The number of non-ortho nitro benzene ring substituents is 1. The van der Waals surface area contributed by atoms with E-state index in [1.807, 2.05) is 50.2 Å². The number of unbranched alkanes of at least 4 members (excludes halogenated alkanes) is 1. The smallest absolute Gasteiger partial charge is 0.282 e. The lowest BCUT2D eigenvalue weighted by Gasteiger charge is -2.11. The molecule has 0 radical (unpaired) electrons. The number of fused-ring (bicyclic) bond motifs is 1. The first kappa shape index (κ1) is 28.5. The van der Waals surface area contributed by atoms with Crippen molar-refractivity contribution in [3.05, 3.63) is 121 Å². The van der Waals surface area contributed by atoms with Crippen LogP contribution in [0.25, 0.3) is 16.6 Å². The van der Waals surface area contributed by atoms with Crippen LogP contribution in [0.2, 0.25) is 0 Å². The minimum Gasteiger partial charge on any atom is -0.318 e. The van der Waals surface area contributed by atoms with E-state index in [0.717, 1.165) is 49.7 Å². The Labute approximate surface area is 250 Å². The SMILES string of the molecule is CCCCc1nc2ccc(Br)cc2c(=O)n1N=Cc1cc(C)n(-c2ccc(Sc3ccc([N+](=O)[O-])cc3)cc2)c1C. The molecule has 41 heavy (non-hydrogen) atoms. The number of nitro groups is 1. The third-order valence-electron chi connectivity index (χ3n) is 6.79. The summed E-state index contributed by atoms with van der Waals surface area (Å²) in [6.45, 7) is 6.18. The van der Waals surface area contributed by atoms with Crippen LogP contribution in [0.5, 0.6) is 0 Å². The quantitative estimate of drug-likeness (QED) is 0.0939. The molecule has 208 valence electrons. The molecule has 0 atom stereocenters. The Balaban J connectivity index is 1.43. The molecule has 0 aliphatic heterocycles. The normalized spacial score (nSPS) is 11.5. The summed E-state index contributed by atoms with van der Waals surface area (Å²) >= 11 is 5.00. The van der Waals surface area contributed by atoms with E-state index < -0.39 is 4.92 Å². The summed E-state index contributed by atoms with van der Waals surface area (Å²) in [4.78, 5) is 30.7. The van der Waals surface area contributed by atoms with Gasteiger partial charge in [-0.05, 0) is 80.9 Å². The van der Waals surface area contributed by atoms with Gasteiger partial charge in [-0.15, -0.1) is 0 Å². The fraction of sp³-hybridized carbons (Fsp3) is 0.194. The number of hydrogen-bond acceptors (Lipinski definition) is 6. The molecule has 0 saturated carbocycles. The van der Waals surface area contributed by atoms with Crippen molar-refractivity contribution in [2.75, 3.05) is 0 Å². The lowest BCUT2D eigenvalue weighted by atomic mass is 10.2. The fourth-order valence-electron chi connectivity index (χ4n) is 4.68. The summed E-state index contributed by atoms with van der Waals surface area (Å²) < 4.78 is 4.40. The standard InChI is InChI=1S/C31H28BrN5O3S/c1-4-5-6-30-34-29-16-7-23(32)18-28(29)31(38)36(30)33-19-22-17-20(2)35(21(22)3)24-8-12-26(13-9-24)41-27-14-10-25(11-15-27)37(39)40/h7-19H,4-6H2,1-3H3. The first-order chi connectivity index (χ1) is 19.7. The lowest BCUT2D eigenvalue weighted by molar-refractivity contribution is -0.384. The van der Waals surface area contributed by atoms with Crippen molar-refractivity contribution in [1.82, 2.24) is 14.2 Å². The first-order valence-electron chi connectivity index (χ1n) is 13.2. The number of rotatable bonds is 9. The van der Waals surface area contributed by atoms with Crippen LogP contribution in [0.4, 0.5) is 5.69 Å². The summed E-state index contributed by atoms with van der Waals surface area (Å²) in [6.07, 6.45) is 4.31. The van der Waals surface area contributed by atoms with Gasteiger partial charge in [-0.25, -0.2) is 4.98 Å². The number of aryl methyl sites for hydroxylation is 2. The van der Waals surface area contributed by atoms with Gasteiger partial charge in [0.05, 0.1) is 22.0 Å². The van der Waals surface area contributed by atoms with Crippen molar-refractivity contribution < 1.29 is 4.92 Å². The topological polar surface area (TPSA) is 95.3 Å². The van der Waals surface area contributed by atoms with Gasteiger partial charge in [-0.1, -0.05) is 41.0 Å². The van der Waals surface area contributed by atoms with Crippen LogP contribution < -0.4 is 5.56 Å². The van der Waals surface area contributed by atoms with Gasteiger partial charge in [-0.3, -0.25) is 14.9 Å². The summed E-state index contributed by atoms with van der Waals surface area (Å²) in [5, 5.41) is 16.1. The second-order valence-electron chi connectivity index (χ2n) is 9.66. The molecular weight excluding hydrogens is 602 g/mol. The van der Waals surface area contributed by atoms with E-state index in [1.54, 1.807) is 36.2 Å². The molecule has 0 saturated heterocycles. The van der Waals surface area contributed by atoms with Crippen LogP contribution in [0.15, 0.2) is 97.0 Å². The molecule has 5 rings (SSSR count). The summed E-state index contributed by atoms with van der Waals surface area (Å²) in [7, 11) is 0. The van der Waals surface area contributed by atoms with Crippen molar-refractivity contribution in [3.63, 3.8) is 0 Å². The zero-order chi connectivity index (χ0) is 29.1. The Kier molecular flexibility index (Phi) is 8.51. The molecule has 0 bridgehead atoms. The molecule has 8 nitrogen and oxygen atoms in total. The van der Waals surface area contributed by atoms with Crippen LogP contribution >= 0.6 is 27.7 Å². The van der Waals surface area contributed by atoms with Crippen molar-refractivity contribution in [2.45, 2.75) is 49.8 Å². The Morgan fingerprint density at radius 3 is 2.37 bits per heavy atom. The fourth-order valence-corrected chi connectivity index (χ4v) is 5.86. The van der Waals surface area contributed by atoms with E-state index in [2.05, 4.69) is 38.6 Å². The van der Waals surface area contributed by atoms with Gasteiger partial charge in [0.15, 0.2) is 0 Å². The van der Waals surface area contributed by atoms with E-state index in [9.17, 15) is 14.9 Å². The van der Waals surface area contributed by atoms with Crippen LogP contribution in [0, 0.1) is 24.0 Å². The first-order valence-corrected chi connectivity index (χ1v) is 14.8. The van der Waals surface area contributed by atoms with E-state index in [4.69, 9.17) is 4.98 Å². The number of aromatic nitrogens is 3. The van der Waals surface area contributed by atoms with Crippen LogP contribution in [0.3, 0.4) is 0 Å². The molecule has 5 aromatic rings. The minimum atomic E-state index is -0.397. The average molecular weight is 631 g/mol. The van der Waals surface area contributed by atoms with Crippen molar-refractivity contribution in [2.24, 2.45) is 5.10 Å². The monoisotopic (exact) mass is 629 g/mol. The number of halogens is 1. The molecular formula is C31H28BrN5O3S. The van der Waals surface area contributed by atoms with Crippen LogP contribution in [-0.2, 0) is 6.42 Å². The van der Waals surface area contributed by atoms with Crippen LogP contribution in [-0.4, -0.2) is 25.4 Å². The Bertz CT molecular complexity index is 1830. The highest BCUT2D eigenvalue weighted by Gasteiger charge is 2.13. The van der Waals surface area contributed by atoms with E-state index in [1.165, 1.54) is 16.8 Å². The third kappa shape index (κ3) is 6.18. The van der Waals surface area contributed by atoms with Crippen LogP contribution in [0.1, 0.15) is 42.5 Å². The van der Waals surface area contributed by atoms with E-state index in [0.29, 0.717) is 23.1 Å². The maximum Gasteiger partial charge on any atom is 0.282 e. The molecule has 0 N–H and O–H groups in total. The number of hydrogen-bond donors (Lipinski definition) is 0. The van der Waals surface area contributed by atoms with Gasteiger partial charge in [0.25, 0.3) is 11.2 Å². The second kappa shape index (κ2) is 12.2. The highest BCUT2D eigenvalue weighted by molar-refractivity contribution is 9.10. The zero-order valence-corrected chi connectivity index (χ0v) is 25.3. The van der Waals surface area contributed by atoms with Crippen molar-refractivity contribution >= 4 is 50.5 Å². The molecule has 0 aliphatic rings. The Morgan fingerprint density at radius 2 is 1.71 bits per heavy atom. The molecule has 0 aliphatic carbocycles. The summed E-state index contributed by atoms with van der Waals surface area (Å²) in [6, 6.07) is 22.3. The molecule has 3 aromatic carbocycles. The van der Waals surface area contributed by atoms with Gasteiger partial charge in [0, 0.05) is 55.5 Å². The Morgan fingerprint density at radius 1 is 1.02 bits per heavy atom. The van der Waals surface area contributed by atoms with E-state index in [-0.39, 0.29) is 11.2 Å². The van der Waals surface area contributed by atoms with E-state index >= 15 is 0 Å². The summed E-state index contributed by atoms with van der Waals surface area (Å²) in [5.74, 6) is 0.651. The van der Waals surface area contributed by atoms with Crippen molar-refractivity contribution in [1.29, 1.82) is 0 Å². The predicted molar refractivity (Wildman–Crippen MR) is 168 cm³/mol. The second-order valence-corrected chi connectivity index (χ2v) is 11.7. The van der Waals surface area contributed by atoms with Crippen molar-refractivity contribution in [3.8, 4) is 5.69 Å². The van der Waals surface area contributed by atoms with Gasteiger partial charge in [-0.2, -0.15) is 9.78 Å². The zero-order valence-electron chi connectivity index (χ0n) is 22.9. The molecule has 10 heteroatoms. The largest absolute Gasteiger partial charge is 0.318 e. The number of benzene rings is 3. The number of nitro benzene ring substituents is 1. The molecule has 0 spiro atoms. The maximum atomic E-state index is 13.4. The Hall–Kier alpha value is -4.02. The van der Waals surface area contributed by atoms with Gasteiger partial charge < -0.3 is 4.57 Å². The number of nitrogens with zero attached hydrogens (tertiary/aromatic N) is 5. The summed E-state index contributed by atoms with van der Waals surface area (Å²) in [5.41, 5.74) is 4.52. The molecule has 0 fully saturated rings. The highest BCUT2D eigenvalue weighted by atomic mass is 79.9. The average Bonchev–Trinajstić information content (AvgIpc) is 3.25. The molecule has 2 aromatic heterocycles. The van der Waals surface area contributed by atoms with Gasteiger partial charge in [0.2, 0.25) is 0 Å². The minimum absolute atomic E-state index is 0.0783. The van der Waals surface area contributed by atoms with Gasteiger partial charge >= 0.3 is 0 Å². The predicted octanol–water partition coefficient (Wildman–Crippen LogP) is 7.85. The lowest BCUT2D eigenvalue weighted by Crippen LogP contribution is -2.22. The van der Waals surface area contributed by atoms with Gasteiger partial charge in [0.1, 0.15) is 5.82 Å².